The minimum atomic E-state index is -0.697. The first-order valence-electron chi connectivity index (χ1n) is 10.4. The molecule has 1 amide bonds. The van der Waals surface area contributed by atoms with Crippen molar-refractivity contribution < 1.29 is 19.1 Å². The van der Waals surface area contributed by atoms with Gasteiger partial charge in [-0.3, -0.25) is 9.59 Å². The number of ketones is 1. The molecule has 1 unspecified atom stereocenters. The highest BCUT2D eigenvalue weighted by Crippen LogP contribution is 2.40. The van der Waals surface area contributed by atoms with Crippen LogP contribution in [0.5, 0.6) is 0 Å². The van der Waals surface area contributed by atoms with Gasteiger partial charge in [0.1, 0.15) is 11.5 Å². The Hall–Kier alpha value is -3.60. The monoisotopic (exact) mass is 415 g/mol. The SMILES string of the molecule is CCc1ccc(C2/C(=C(/O)c3ccc(C)c(C)c3)C(=O)C(=O)N2Cc2ccco2)cc1. The van der Waals surface area contributed by atoms with Crippen LogP contribution in [0.15, 0.2) is 70.9 Å². The Bertz CT molecular complexity index is 1160. The molecule has 2 heterocycles. The lowest BCUT2D eigenvalue weighted by molar-refractivity contribution is -0.140. The predicted molar refractivity (Wildman–Crippen MR) is 118 cm³/mol. The minimum absolute atomic E-state index is 0.101. The smallest absolute Gasteiger partial charge is 0.296 e. The molecular weight excluding hydrogens is 390 g/mol. The van der Waals surface area contributed by atoms with Gasteiger partial charge in [-0.2, -0.15) is 0 Å². The zero-order valence-electron chi connectivity index (χ0n) is 17.9. The van der Waals surface area contributed by atoms with Crippen LogP contribution in [0.1, 0.15) is 46.5 Å². The molecule has 1 fully saturated rings. The molecule has 0 bridgehead atoms. The molecule has 0 saturated carbocycles. The quantitative estimate of drug-likeness (QED) is 0.358. The summed E-state index contributed by atoms with van der Waals surface area (Å²) in [7, 11) is 0. The maximum absolute atomic E-state index is 13.1. The van der Waals surface area contributed by atoms with Crippen LogP contribution in [0, 0.1) is 13.8 Å². The van der Waals surface area contributed by atoms with Crippen molar-refractivity contribution in [3.05, 3.63) is 100 Å². The molecule has 1 aromatic heterocycles. The van der Waals surface area contributed by atoms with E-state index in [1.165, 1.54) is 11.2 Å². The van der Waals surface area contributed by atoms with Crippen LogP contribution in [0.4, 0.5) is 0 Å². The average molecular weight is 415 g/mol. The van der Waals surface area contributed by atoms with Crippen LogP contribution in [0.25, 0.3) is 5.76 Å². The number of benzene rings is 2. The van der Waals surface area contributed by atoms with Crippen LogP contribution < -0.4 is 0 Å². The Morgan fingerprint density at radius 1 is 1.03 bits per heavy atom. The van der Waals surface area contributed by atoms with Gasteiger partial charge in [-0.25, -0.2) is 0 Å². The van der Waals surface area contributed by atoms with Gasteiger partial charge in [0.25, 0.3) is 11.7 Å². The summed E-state index contributed by atoms with van der Waals surface area (Å²) in [6.07, 6.45) is 2.42. The number of rotatable bonds is 5. The Labute approximate surface area is 181 Å². The molecule has 0 radical (unpaired) electrons. The zero-order valence-corrected chi connectivity index (χ0v) is 17.9. The average Bonchev–Trinajstić information content (AvgIpc) is 3.38. The molecule has 3 aromatic rings. The second-order valence-electron chi connectivity index (χ2n) is 7.90. The maximum atomic E-state index is 13.1. The van der Waals surface area contributed by atoms with E-state index < -0.39 is 17.7 Å². The topological polar surface area (TPSA) is 70.8 Å². The number of carbonyl (C=O) groups is 2. The Kier molecular flexibility index (Phi) is 5.51. The van der Waals surface area contributed by atoms with Crippen molar-refractivity contribution in [2.45, 2.75) is 39.8 Å². The lowest BCUT2D eigenvalue weighted by atomic mass is 9.93. The highest BCUT2D eigenvalue weighted by Gasteiger charge is 2.46. The van der Waals surface area contributed by atoms with Crippen molar-refractivity contribution in [3.63, 3.8) is 0 Å². The summed E-state index contributed by atoms with van der Waals surface area (Å²) in [6.45, 7) is 6.14. The van der Waals surface area contributed by atoms with Crippen LogP contribution in [-0.4, -0.2) is 21.7 Å². The van der Waals surface area contributed by atoms with Crippen molar-refractivity contribution >= 4 is 17.4 Å². The van der Waals surface area contributed by atoms with E-state index >= 15 is 0 Å². The predicted octanol–water partition coefficient (Wildman–Crippen LogP) is 5.08. The van der Waals surface area contributed by atoms with Crippen LogP contribution in [0.2, 0.25) is 0 Å². The van der Waals surface area contributed by atoms with Gasteiger partial charge in [-0.15, -0.1) is 0 Å². The van der Waals surface area contributed by atoms with E-state index in [1.807, 2.05) is 50.2 Å². The summed E-state index contributed by atoms with van der Waals surface area (Å²) in [6, 6.07) is 16.1. The third-order valence-corrected chi connectivity index (χ3v) is 5.93. The van der Waals surface area contributed by atoms with Crippen molar-refractivity contribution in [2.24, 2.45) is 0 Å². The van der Waals surface area contributed by atoms with Crippen molar-refractivity contribution in [1.29, 1.82) is 0 Å². The number of aliphatic hydroxyl groups excluding tert-OH is 1. The Morgan fingerprint density at radius 3 is 2.39 bits per heavy atom. The molecule has 1 aliphatic heterocycles. The van der Waals surface area contributed by atoms with Crippen molar-refractivity contribution in [1.82, 2.24) is 4.90 Å². The number of hydrogen-bond acceptors (Lipinski definition) is 4. The number of aryl methyl sites for hydroxylation is 3. The molecule has 2 aromatic carbocycles. The minimum Gasteiger partial charge on any atom is -0.507 e. The highest BCUT2D eigenvalue weighted by molar-refractivity contribution is 6.46. The van der Waals surface area contributed by atoms with E-state index in [0.29, 0.717) is 11.3 Å². The first-order valence-corrected chi connectivity index (χ1v) is 10.4. The number of furan rings is 1. The number of hydrogen-bond donors (Lipinski definition) is 1. The van der Waals surface area contributed by atoms with Gasteiger partial charge in [-0.05, 0) is 60.7 Å². The van der Waals surface area contributed by atoms with Gasteiger partial charge < -0.3 is 14.4 Å². The summed E-state index contributed by atoms with van der Waals surface area (Å²) in [5, 5.41) is 11.2. The number of carbonyl (C=O) groups excluding carboxylic acids is 2. The molecule has 0 spiro atoms. The zero-order chi connectivity index (χ0) is 22.1. The third kappa shape index (κ3) is 3.79. The lowest BCUT2D eigenvalue weighted by Gasteiger charge is -2.24. The maximum Gasteiger partial charge on any atom is 0.296 e. The molecule has 5 heteroatoms. The summed E-state index contributed by atoms with van der Waals surface area (Å²) in [4.78, 5) is 27.5. The largest absolute Gasteiger partial charge is 0.507 e. The Morgan fingerprint density at radius 2 is 1.77 bits per heavy atom. The molecule has 158 valence electrons. The summed E-state index contributed by atoms with van der Waals surface area (Å²) in [5.74, 6) is -0.922. The van der Waals surface area contributed by atoms with E-state index in [1.54, 1.807) is 18.2 Å². The summed E-state index contributed by atoms with van der Waals surface area (Å²) < 4.78 is 5.43. The first-order chi connectivity index (χ1) is 14.9. The molecule has 4 rings (SSSR count). The van der Waals surface area contributed by atoms with Gasteiger partial charge >= 0.3 is 0 Å². The van der Waals surface area contributed by atoms with Crippen LogP contribution in [-0.2, 0) is 22.6 Å². The molecular formula is C26H25NO4. The van der Waals surface area contributed by atoms with E-state index in [2.05, 4.69) is 6.92 Å². The second kappa shape index (κ2) is 8.26. The Balaban J connectivity index is 1.86. The third-order valence-electron chi connectivity index (χ3n) is 5.93. The van der Waals surface area contributed by atoms with Gasteiger partial charge in [0, 0.05) is 5.56 Å². The van der Waals surface area contributed by atoms with Crippen LogP contribution >= 0.6 is 0 Å². The molecule has 1 atom stereocenters. The molecule has 1 N–H and O–H groups in total. The number of aliphatic hydroxyl groups is 1. The van der Waals surface area contributed by atoms with Crippen molar-refractivity contribution in [2.75, 3.05) is 0 Å². The fourth-order valence-electron chi connectivity index (χ4n) is 3.94. The first kappa shape index (κ1) is 20.7. The lowest BCUT2D eigenvalue weighted by Crippen LogP contribution is -2.29. The normalized spacial score (nSPS) is 18.0. The number of likely N-dealkylation sites (tertiary alicyclic amines) is 1. The van der Waals surface area contributed by atoms with Crippen LogP contribution in [0.3, 0.4) is 0 Å². The fraction of sp³-hybridized carbons (Fsp3) is 0.231. The van der Waals surface area contributed by atoms with E-state index in [-0.39, 0.29) is 17.9 Å². The van der Waals surface area contributed by atoms with Gasteiger partial charge in [0.2, 0.25) is 0 Å². The molecule has 0 aliphatic carbocycles. The van der Waals surface area contributed by atoms with E-state index in [4.69, 9.17) is 4.42 Å². The van der Waals surface area contributed by atoms with Gasteiger partial charge in [0.05, 0.1) is 24.4 Å². The fourth-order valence-corrected chi connectivity index (χ4v) is 3.94. The molecule has 1 saturated heterocycles. The summed E-state index contributed by atoms with van der Waals surface area (Å²) >= 11 is 0. The standard InChI is InChI=1S/C26H25NO4/c1-4-18-8-11-19(12-9-18)23-22(24(28)20-10-7-16(2)17(3)14-20)25(29)26(30)27(23)15-21-6-5-13-31-21/h5-14,23,28H,4,15H2,1-3H3/b24-22-. The molecule has 31 heavy (non-hydrogen) atoms. The molecule has 1 aliphatic rings. The van der Waals surface area contributed by atoms with Crippen molar-refractivity contribution in [3.8, 4) is 0 Å². The highest BCUT2D eigenvalue weighted by atomic mass is 16.3. The number of amides is 1. The van der Waals surface area contributed by atoms with E-state index in [0.717, 1.165) is 28.7 Å². The summed E-state index contributed by atoms with van der Waals surface area (Å²) in [5.41, 5.74) is 4.63. The van der Waals surface area contributed by atoms with E-state index in [9.17, 15) is 14.7 Å². The number of Topliss-reactive ketones (excluding diaryl/α,β-unsaturated/α-hetero) is 1. The molecule has 5 nitrogen and oxygen atoms in total. The number of nitrogens with zero attached hydrogens (tertiary/aromatic N) is 1. The van der Waals surface area contributed by atoms with Gasteiger partial charge in [0.15, 0.2) is 0 Å². The van der Waals surface area contributed by atoms with Gasteiger partial charge in [-0.1, -0.05) is 43.3 Å². The second-order valence-corrected chi connectivity index (χ2v) is 7.90.